The van der Waals surface area contributed by atoms with Gasteiger partial charge in [0.1, 0.15) is 5.82 Å². The van der Waals surface area contributed by atoms with Crippen LogP contribution in [0.3, 0.4) is 0 Å². The number of nitrogens with one attached hydrogen (secondary N) is 1. The van der Waals surface area contributed by atoms with Crippen LogP contribution < -0.4 is 10.2 Å². The Kier molecular flexibility index (Phi) is 5.11. The van der Waals surface area contributed by atoms with E-state index in [0.29, 0.717) is 24.2 Å². The van der Waals surface area contributed by atoms with E-state index in [2.05, 4.69) is 5.32 Å². The molecule has 1 atom stereocenters. The highest BCUT2D eigenvalue weighted by Crippen LogP contribution is 2.24. The normalized spacial score (nSPS) is 17.3. The quantitative estimate of drug-likeness (QED) is 0.928. The molecular formula is C18H18FN3OS. The summed E-state index contributed by atoms with van der Waals surface area (Å²) >= 11 is 1.57. The van der Waals surface area contributed by atoms with Crippen molar-refractivity contribution in [2.24, 2.45) is 0 Å². The van der Waals surface area contributed by atoms with Gasteiger partial charge in [0.15, 0.2) is 0 Å². The van der Waals surface area contributed by atoms with Crippen molar-refractivity contribution < 1.29 is 9.18 Å². The third kappa shape index (κ3) is 3.92. The third-order valence-electron chi connectivity index (χ3n) is 4.12. The minimum absolute atomic E-state index is 0.00426. The van der Waals surface area contributed by atoms with Crippen LogP contribution in [0.15, 0.2) is 35.7 Å². The van der Waals surface area contributed by atoms with Gasteiger partial charge in [-0.3, -0.25) is 4.79 Å². The summed E-state index contributed by atoms with van der Waals surface area (Å²) in [5.74, 6) is -0.385. The SMILES string of the molecule is N#Cc1ccc(N2CCC[C@@H](NC(=O)Cc3cccs3)C2)c(F)c1. The van der Waals surface area contributed by atoms with Crippen LogP contribution >= 0.6 is 11.3 Å². The minimum Gasteiger partial charge on any atom is -0.367 e. The summed E-state index contributed by atoms with van der Waals surface area (Å²) in [6.07, 6.45) is 2.17. The molecule has 2 heterocycles. The van der Waals surface area contributed by atoms with Crippen molar-refractivity contribution in [2.75, 3.05) is 18.0 Å². The molecule has 1 N–H and O–H groups in total. The Morgan fingerprint density at radius 2 is 2.33 bits per heavy atom. The molecule has 4 nitrogen and oxygen atoms in total. The van der Waals surface area contributed by atoms with Gasteiger partial charge in [0.25, 0.3) is 0 Å². The van der Waals surface area contributed by atoms with Gasteiger partial charge in [0.05, 0.1) is 23.7 Å². The maximum atomic E-state index is 14.2. The molecular weight excluding hydrogens is 325 g/mol. The van der Waals surface area contributed by atoms with Gasteiger partial charge >= 0.3 is 0 Å². The first kappa shape index (κ1) is 16.5. The summed E-state index contributed by atoms with van der Waals surface area (Å²) in [6.45, 7) is 1.33. The number of halogens is 1. The monoisotopic (exact) mass is 343 g/mol. The van der Waals surface area contributed by atoms with Crippen LogP contribution in [0, 0.1) is 17.1 Å². The maximum Gasteiger partial charge on any atom is 0.225 e. The summed E-state index contributed by atoms with van der Waals surface area (Å²) < 4.78 is 14.2. The zero-order valence-electron chi connectivity index (χ0n) is 13.2. The molecule has 1 saturated heterocycles. The number of thiophene rings is 1. The smallest absolute Gasteiger partial charge is 0.225 e. The summed E-state index contributed by atoms with van der Waals surface area (Å²) in [7, 11) is 0. The van der Waals surface area contributed by atoms with Crippen LogP contribution in [0.25, 0.3) is 0 Å². The molecule has 0 unspecified atom stereocenters. The van der Waals surface area contributed by atoms with E-state index in [1.807, 2.05) is 28.5 Å². The fourth-order valence-electron chi connectivity index (χ4n) is 3.00. The van der Waals surface area contributed by atoms with E-state index in [9.17, 15) is 9.18 Å². The van der Waals surface area contributed by atoms with E-state index in [4.69, 9.17) is 5.26 Å². The lowest BCUT2D eigenvalue weighted by Gasteiger charge is -2.35. The van der Waals surface area contributed by atoms with E-state index in [-0.39, 0.29) is 17.8 Å². The number of carbonyl (C=O) groups is 1. The zero-order valence-corrected chi connectivity index (χ0v) is 14.0. The van der Waals surface area contributed by atoms with Crippen LogP contribution in [0.1, 0.15) is 23.3 Å². The molecule has 124 valence electrons. The van der Waals surface area contributed by atoms with Gasteiger partial charge in [0.2, 0.25) is 5.91 Å². The number of anilines is 1. The second kappa shape index (κ2) is 7.45. The largest absolute Gasteiger partial charge is 0.367 e. The van der Waals surface area contributed by atoms with Crippen LogP contribution in [0.2, 0.25) is 0 Å². The number of amides is 1. The lowest BCUT2D eigenvalue weighted by atomic mass is 10.0. The van der Waals surface area contributed by atoms with Gasteiger partial charge in [-0.1, -0.05) is 6.07 Å². The van der Waals surface area contributed by atoms with E-state index in [1.54, 1.807) is 23.5 Å². The van der Waals surface area contributed by atoms with Gasteiger partial charge in [0, 0.05) is 24.0 Å². The van der Waals surface area contributed by atoms with Gasteiger partial charge in [-0.15, -0.1) is 11.3 Å². The Morgan fingerprint density at radius 3 is 3.04 bits per heavy atom. The Balaban J connectivity index is 1.62. The maximum absolute atomic E-state index is 14.2. The Labute approximate surface area is 144 Å². The van der Waals surface area contributed by atoms with Crippen LogP contribution in [-0.4, -0.2) is 25.0 Å². The topological polar surface area (TPSA) is 56.1 Å². The third-order valence-corrected chi connectivity index (χ3v) is 5.00. The minimum atomic E-state index is -0.389. The summed E-state index contributed by atoms with van der Waals surface area (Å²) in [5, 5.41) is 13.8. The van der Waals surface area contributed by atoms with E-state index >= 15 is 0 Å². The Bertz CT molecular complexity index is 754. The van der Waals surface area contributed by atoms with Gasteiger partial charge in [-0.25, -0.2) is 4.39 Å². The highest BCUT2D eigenvalue weighted by atomic mass is 32.1. The van der Waals surface area contributed by atoms with Crippen molar-refractivity contribution in [1.29, 1.82) is 5.26 Å². The number of nitrogens with zero attached hydrogens (tertiary/aromatic N) is 2. The number of rotatable bonds is 4. The molecule has 6 heteroatoms. The number of carbonyl (C=O) groups excluding carboxylic acids is 1. The number of piperidine rings is 1. The Hall–Kier alpha value is -2.39. The van der Waals surface area contributed by atoms with Crippen molar-refractivity contribution in [2.45, 2.75) is 25.3 Å². The van der Waals surface area contributed by atoms with Crippen LogP contribution in [-0.2, 0) is 11.2 Å². The van der Waals surface area contributed by atoms with Crippen LogP contribution in [0.5, 0.6) is 0 Å². The highest BCUT2D eigenvalue weighted by molar-refractivity contribution is 7.10. The number of benzene rings is 1. The molecule has 1 aliphatic heterocycles. The van der Waals surface area contributed by atoms with Gasteiger partial charge in [-0.05, 0) is 42.5 Å². The van der Waals surface area contributed by atoms with Gasteiger partial charge < -0.3 is 10.2 Å². The fraction of sp³-hybridized carbons (Fsp3) is 0.333. The molecule has 0 saturated carbocycles. The predicted molar refractivity (Wildman–Crippen MR) is 92.5 cm³/mol. The van der Waals surface area contributed by atoms with Crippen molar-refractivity contribution in [3.63, 3.8) is 0 Å². The van der Waals surface area contributed by atoms with Gasteiger partial charge in [-0.2, -0.15) is 5.26 Å². The van der Waals surface area contributed by atoms with Crippen LogP contribution in [0.4, 0.5) is 10.1 Å². The average Bonchev–Trinajstić information content (AvgIpc) is 3.07. The zero-order chi connectivity index (χ0) is 16.9. The first-order valence-corrected chi connectivity index (χ1v) is 8.80. The van der Waals surface area contributed by atoms with E-state index in [1.165, 1.54) is 6.07 Å². The van der Waals surface area contributed by atoms with Crippen molar-refractivity contribution in [1.82, 2.24) is 5.32 Å². The average molecular weight is 343 g/mol. The Morgan fingerprint density at radius 1 is 1.46 bits per heavy atom. The number of nitriles is 1. The standard InChI is InChI=1S/C18H18FN3OS/c19-16-9-13(11-20)5-6-17(16)22-7-1-3-14(12-22)21-18(23)10-15-4-2-8-24-15/h2,4-6,8-9,14H,1,3,7,10,12H2,(H,21,23)/t14-/m1/s1. The molecule has 3 rings (SSSR count). The lowest BCUT2D eigenvalue weighted by molar-refractivity contribution is -0.121. The summed E-state index contributed by atoms with van der Waals surface area (Å²) in [5.41, 5.74) is 0.806. The molecule has 0 bridgehead atoms. The predicted octanol–water partition coefficient (Wildman–Crippen LogP) is 3.09. The van der Waals surface area contributed by atoms with E-state index in [0.717, 1.165) is 24.3 Å². The molecule has 1 aromatic carbocycles. The number of hydrogen-bond donors (Lipinski definition) is 1. The fourth-order valence-corrected chi connectivity index (χ4v) is 3.70. The first-order chi connectivity index (χ1) is 11.7. The first-order valence-electron chi connectivity index (χ1n) is 7.92. The molecule has 0 radical (unpaired) electrons. The molecule has 1 amide bonds. The molecule has 1 fully saturated rings. The van der Waals surface area contributed by atoms with Crippen molar-refractivity contribution >= 4 is 22.9 Å². The second-order valence-electron chi connectivity index (χ2n) is 5.89. The van der Waals surface area contributed by atoms with Crippen molar-refractivity contribution in [3.8, 4) is 6.07 Å². The molecule has 1 aliphatic rings. The highest BCUT2D eigenvalue weighted by Gasteiger charge is 2.23. The molecule has 0 aliphatic carbocycles. The second-order valence-corrected chi connectivity index (χ2v) is 6.92. The summed E-state index contributed by atoms with van der Waals surface area (Å²) in [6, 6.07) is 10.4. The molecule has 24 heavy (non-hydrogen) atoms. The van der Waals surface area contributed by atoms with E-state index < -0.39 is 0 Å². The summed E-state index contributed by atoms with van der Waals surface area (Å²) in [4.78, 5) is 15.1. The molecule has 1 aromatic heterocycles. The molecule has 0 spiro atoms. The van der Waals surface area contributed by atoms with Crippen molar-refractivity contribution in [3.05, 3.63) is 52.0 Å². The molecule has 2 aromatic rings. The number of hydrogen-bond acceptors (Lipinski definition) is 4. The lowest BCUT2D eigenvalue weighted by Crippen LogP contribution is -2.48.